The highest BCUT2D eigenvalue weighted by Gasteiger charge is 2.33. The van der Waals surface area contributed by atoms with Crippen molar-refractivity contribution in [2.45, 2.75) is 12.7 Å². The number of alkyl halides is 3. The number of benzene rings is 2. The summed E-state index contributed by atoms with van der Waals surface area (Å²) in [6.45, 7) is -0.523. The van der Waals surface area contributed by atoms with Crippen molar-refractivity contribution >= 4 is 11.8 Å². The zero-order chi connectivity index (χ0) is 22.1. The van der Waals surface area contributed by atoms with E-state index in [4.69, 9.17) is 11.5 Å². The SMILES string of the molecule is NC(=O)Cn1cc(C(N)=O)nc(-c2cccc(-c3ccccc3C(F)(F)F)c2)c1=O. The zero-order valence-corrected chi connectivity index (χ0v) is 15.3. The van der Waals surface area contributed by atoms with Crippen LogP contribution in [0.1, 0.15) is 16.1 Å². The molecule has 10 heteroatoms. The normalized spacial score (nSPS) is 11.3. The summed E-state index contributed by atoms with van der Waals surface area (Å²) in [7, 11) is 0. The van der Waals surface area contributed by atoms with E-state index in [1.54, 1.807) is 0 Å². The molecule has 0 radical (unpaired) electrons. The standard InChI is InChI=1S/C20H15F3N4O3/c21-20(22,23)14-7-2-1-6-13(14)11-4-3-5-12(8-11)17-19(30)27(10-16(24)28)9-15(26-17)18(25)29/h1-9H,10H2,(H2,24,28)(H2,25,29). The number of aromatic nitrogens is 2. The molecule has 0 spiro atoms. The molecule has 154 valence electrons. The van der Waals surface area contributed by atoms with Crippen molar-refractivity contribution in [2.75, 3.05) is 0 Å². The Morgan fingerprint density at radius 1 is 1.00 bits per heavy atom. The maximum Gasteiger partial charge on any atom is 0.417 e. The summed E-state index contributed by atoms with van der Waals surface area (Å²) in [5.41, 5.74) is 8.47. The van der Waals surface area contributed by atoms with Crippen LogP contribution < -0.4 is 17.0 Å². The second-order valence-corrected chi connectivity index (χ2v) is 6.36. The minimum Gasteiger partial charge on any atom is -0.368 e. The number of primary amides is 2. The molecule has 4 N–H and O–H groups in total. The van der Waals surface area contributed by atoms with Crippen LogP contribution in [0.25, 0.3) is 22.4 Å². The third kappa shape index (κ3) is 4.22. The summed E-state index contributed by atoms with van der Waals surface area (Å²) < 4.78 is 41.0. The number of nitrogens with two attached hydrogens (primary N) is 2. The van der Waals surface area contributed by atoms with Gasteiger partial charge in [0.15, 0.2) is 0 Å². The number of hydrogen-bond acceptors (Lipinski definition) is 4. The van der Waals surface area contributed by atoms with Gasteiger partial charge in [-0.1, -0.05) is 36.4 Å². The molecular formula is C20H15F3N4O3. The molecule has 0 saturated carbocycles. The molecule has 2 aromatic carbocycles. The van der Waals surface area contributed by atoms with Crippen molar-refractivity contribution in [3.05, 3.63) is 76.3 Å². The number of halogens is 3. The van der Waals surface area contributed by atoms with Crippen LogP contribution >= 0.6 is 0 Å². The predicted octanol–water partition coefficient (Wildman–Crippen LogP) is 2.18. The number of amides is 2. The molecule has 0 fully saturated rings. The van der Waals surface area contributed by atoms with Crippen LogP contribution in [0.2, 0.25) is 0 Å². The molecule has 2 amide bonds. The average Bonchev–Trinajstić information content (AvgIpc) is 2.68. The monoisotopic (exact) mass is 416 g/mol. The number of rotatable bonds is 5. The van der Waals surface area contributed by atoms with Crippen LogP contribution in [0.15, 0.2) is 59.5 Å². The third-order valence-electron chi connectivity index (χ3n) is 4.23. The van der Waals surface area contributed by atoms with Crippen molar-refractivity contribution in [1.29, 1.82) is 0 Å². The summed E-state index contributed by atoms with van der Waals surface area (Å²) in [5, 5.41) is 0. The van der Waals surface area contributed by atoms with E-state index in [9.17, 15) is 27.6 Å². The Kier molecular flexibility index (Phi) is 5.41. The molecule has 7 nitrogen and oxygen atoms in total. The summed E-state index contributed by atoms with van der Waals surface area (Å²) in [6, 6.07) is 10.7. The molecule has 0 aliphatic heterocycles. The Morgan fingerprint density at radius 2 is 1.67 bits per heavy atom. The quantitative estimate of drug-likeness (QED) is 0.662. The van der Waals surface area contributed by atoms with Crippen molar-refractivity contribution in [2.24, 2.45) is 11.5 Å². The van der Waals surface area contributed by atoms with Gasteiger partial charge in [-0.2, -0.15) is 13.2 Å². The number of nitrogens with zero attached hydrogens (tertiary/aromatic N) is 2. The van der Waals surface area contributed by atoms with E-state index in [1.807, 2.05) is 0 Å². The Labute approximate surface area is 167 Å². The molecule has 0 aliphatic rings. The fraction of sp³-hybridized carbons (Fsp3) is 0.100. The zero-order valence-electron chi connectivity index (χ0n) is 15.3. The first-order chi connectivity index (χ1) is 14.1. The summed E-state index contributed by atoms with van der Waals surface area (Å²) in [6.07, 6.45) is -3.58. The van der Waals surface area contributed by atoms with E-state index in [-0.39, 0.29) is 28.1 Å². The van der Waals surface area contributed by atoms with E-state index in [2.05, 4.69) is 4.98 Å². The Hall–Kier alpha value is -3.95. The molecular weight excluding hydrogens is 401 g/mol. The van der Waals surface area contributed by atoms with Gasteiger partial charge in [-0.25, -0.2) is 4.98 Å². The van der Waals surface area contributed by atoms with Gasteiger partial charge < -0.3 is 16.0 Å². The summed E-state index contributed by atoms with van der Waals surface area (Å²) >= 11 is 0. The first kappa shape index (κ1) is 20.8. The Morgan fingerprint density at radius 3 is 2.30 bits per heavy atom. The van der Waals surface area contributed by atoms with Gasteiger partial charge in [-0.05, 0) is 23.3 Å². The smallest absolute Gasteiger partial charge is 0.368 e. The second-order valence-electron chi connectivity index (χ2n) is 6.36. The fourth-order valence-electron chi connectivity index (χ4n) is 2.95. The van der Waals surface area contributed by atoms with Gasteiger partial charge in [-0.3, -0.25) is 14.4 Å². The topological polar surface area (TPSA) is 121 Å². The molecule has 0 aliphatic carbocycles. The van der Waals surface area contributed by atoms with Crippen LogP contribution in [0.5, 0.6) is 0 Å². The minimum atomic E-state index is -4.58. The molecule has 0 saturated heterocycles. The predicted molar refractivity (Wildman–Crippen MR) is 102 cm³/mol. The lowest BCUT2D eigenvalue weighted by atomic mass is 9.97. The van der Waals surface area contributed by atoms with Gasteiger partial charge in [0.2, 0.25) is 5.91 Å². The summed E-state index contributed by atoms with van der Waals surface area (Å²) in [5.74, 6) is -1.79. The van der Waals surface area contributed by atoms with Gasteiger partial charge in [0, 0.05) is 11.8 Å². The highest BCUT2D eigenvalue weighted by atomic mass is 19.4. The van der Waals surface area contributed by atoms with Crippen LogP contribution in [0, 0.1) is 0 Å². The lowest BCUT2D eigenvalue weighted by Crippen LogP contribution is -2.31. The number of carbonyl (C=O) groups is 2. The lowest BCUT2D eigenvalue weighted by molar-refractivity contribution is -0.137. The third-order valence-corrected chi connectivity index (χ3v) is 4.23. The van der Waals surface area contributed by atoms with Crippen molar-refractivity contribution in [3.63, 3.8) is 0 Å². The van der Waals surface area contributed by atoms with Crippen molar-refractivity contribution in [1.82, 2.24) is 9.55 Å². The van der Waals surface area contributed by atoms with Crippen LogP contribution in [0.3, 0.4) is 0 Å². The molecule has 3 rings (SSSR count). The number of hydrogen-bond donors (Lipinski definition) is 2. The molecule has 1 aromatic heterocycles. The molecule has 0 bridgehead atoms. The van der Waals surface area contributed by atoms with Crippen LogP contribution in [-0.2, 0) is 17.5 Å². The van der Waals surface area contributed by atoms with Crippen LogP contribution in [-0.4, -0.2) is 21.4 Å². The van der Waals surface area contributed by atoms with Gasteiger partial charge in [-0.15, -0.1) is 0 Å². The first-order valence-electron chi connectivity index (χ1n) is 8.54. The molecule has 0 atom stereocenters. The van der Waals surface area contributed by atoms with E-state index in [1.165, 1.54) is 42.5 Å². The molecule has 1 heterocycles. The lowest BCUT2D eigenvalue weighted by Gasteiger charge is -2.14. The van der Waals surface area contributed by atoms with Gasteiger partial charge >= 0.3 is 6.18 Å². The second kappa shape index (κ2) is 7.82. The summed E-state index contributed by atoms with van der Waals surface area (Å²) in [4.78, 5) is 39.5. The van der Waals surface area contributed by atoms with Crippen molar-refractivity contribution < 1.29 is 22.8 Å². The largest absolute Gasteiger partial charge is 0.417 e. The highest BCUT2D eigenvalue weighted by molar-refractivity contribution is 5.91. The highest BCUT2D eigenvalue weighted by Crippen LogP contribution is 2.37. The van der Waals surface area contributed by atoms with Gasteiger partial charge in [0.25, 0.3) is 11.5 Å². The maximum atomic E-state index is 13.4. The van der Waals surface area contributed by atoms with Gasteiger partial charge in [0.1, 0.15) is 17.9 Å². The number of carbonyl (C=O) groups excluding carboxylic acids is 2. The van der Waals surface area contributed by atoms with Crippen LogP contribution in [0.4, 0.5) is 13.2 Å². The maximum absolute atomic E-state index is 13.4. The minimum absolute atomic E-state index is 0.0876. The van der Waals surface area contributed by atoms with Crippen molar-refractivity contribution in [3.8, 4) is 22.4 Å². The van der Waals surface area contributed by atoms with E-state index in [0.717, 1.165) is 16.8 Å². The van der Waals surface area contributed by atoms with Gasteiger partial charge in [0.05, 0.1) is 5.56 Å². The Bertz CT molecular complexity index is 1200. The average molecular weight is 416 g/mol. The molecule has 30 heavy (non-hydrogen) atoms. The molecule has 3 aromatic rings. The Balaban J connectivity index is 2.21. The fourth-order valence-corrected chi connectivity index (χ4v) is 2.95. The first-order valence-corrected chi connectivity index (χ1v) is 8.54. The van der Waals surface area contributed by atoms with E-state index in [0.29, 0.717) is 0 Å². The molecule has 0 unspecified atom stereocenters. The van der Waals surface area contributed by atoms with E-state index < -0.39 is 35.7 Å². The van der Waals surface area contributed by atoms with E-state index >= 15 is 0 Å².